The molecule has 6 heteroatoms. The van der Waals surface area contributed by atoms with Crippen molar-refractivity contribution in [3.05, 3.63) is 52.2 Å². The maximum absolute atomic E-state index is 11.9. The zero-order valence-electron chi connectivity index (χ0n) is 14.1. The van der Waals surface area contributed by atoms with Crippen molar-refractivity contribution >= 4 is 46.0 Å². The van der Waals surface area contributed by atoms with E-state index >= 15 is 0 Å². The van der Waals surface area contributed by atoms with E-state index in [1.807, 2.05) is 20.2 Å². The largest absolute Gasteiger partial charge is 0.378 e. The van der Waals surface area contributed by atoms with Gasteiger partial charge in [0.25, 0.3) is 5.91 Å². The number of hydrogen-bond donors (Lipinski definition) is 1. The molecule has 1 aromatic carbocycles. The summed E-state index contributed by atoms with van der Waals surface area (Å²) in [5, 5.41) is 2.65. The van der Waals surface area contributed by atoms with E-state index in [0.29, 0.717) is 9.23 Å². The minimum absolute atomic E-state index is 0.120. The fraction of sp³-hybridized carbons (Fsp3) is 0.222. The van der Waals surface area contributed by atoms with Crippen molar-refractivity contribution in [3.8, 4) is 5.69 Å². The van der Waals surface area contributed by atoms with Crippen LogP contribution in [0, 0.1) is 13.8 Å². The molecule has 1 saturated heterocycles. The van der Waals surface area contributed by atoms with Crippen molar-refractivity contribution in [1.82, 2.24) is 9.88 Å². The number of anilines is 1. The van der Waals surface area contributed by atoms with Gasteiger partial charge in [0.2, 0.25) is 0 Å². The molecule has 3 rings (SSSR count). The highest BCUT2D eigenvalue weighted by Gasteiger charge is 2.23. The van der Waals surface area contributed by atoms with Crippen molar-refractivity contribution in [3.63, 3.8) is 0 Å². The summed E-state index contributed by atoms with van der Waals surface area (Å²) < 4.78 is 2.71. The molecule has 1 fully saturated rings. The zero-order chi connectivity index (χ0) is 17.4. The molecule has 1 N–H and O–H groups in total. The van der Waals surface area contributed by atoms with Crippen molar-refractivity contribution in [1.29, 1.82) is 0 Å². The van der Waals surface area contributed by atoms with Crippen LogP contribution in [0.5, 0.6) is 0 Å². The Morgan fingerprint density at radius 2 is 1.88 bits per heavy atom. The number of carbonyl (C=O) groups is 1. The van der Waals surface area contributed by atoms with E-state index in [-0.39, 0.29) is 5.91 Å². The van der Waals surface area contributed by atoms with Gasteiger partial charge in [-0.3, -0.25) is 4.79 Å². The molecule has 4 nitrogen and oxygen atoms in total. The maximum atomic E-state index is 11.9. The van der Waals surface area contributed by atoms with Crippen LogP contribution in [-0.4, -0.2) is 28.9 Å². The van der Waals surface area contributed by atoms with Crippen LogP contribution in [0.25, 0.3) is 11.8 Å². The van der Waals surface area contributed by atoms with E-state index in [2.05, 4.69) is 59.0 Å². The minimum atomic E-state index is -0.120. The average molecular weight is 358 g/mol. The third kappa shape index (κ3) is 3.12. The lowest BCUT2D eigenvalue weighted by molar-refractivity contribution is -0.115. The Kier molecular flexibility index (Phi) is 4.51. The molecule has 0 aliphatic carbocycles. The predicted octanol–water partition coefficient (Wildman–Crippen LogP) is 3.65. The second-order valence-corrected chi connectivity index (χ2v) is 7.64. The summed E-state index contributed by atoms with van der Waals surface area (Å²) in [6.07, 6.45) is 1.91. The quantitative estimate of drug-likeness (QED) is 0.672. The summed E-state index contributed by atoms with van der Waals surface area (Å²) >= 11 is 6.35. The topological polar surface area (TPSA) is 37.3 Å². The number of thioether (sulfide) groups is 1. The predicted molar refractivity (Wildman–Crippen MR) is 106 cm³/mol. The number of nitrogens with zero attached hydrogens (tertiary/aromatic N) is 2. The number of aromatic nitrogens is 1. The second kappa shape index (κ2) is 6.45. The van der Waals surface area contributed by atoms with Crippen LogP contribution >= 0.6 is 24.0 Å². The summed E-state index contributed by atoms with van der Waals surface area (Å²) in [4.78, 5) is 14.6. The van der Waals surface area contributed by atoms with E-state index in [0.717, 1.165) is 28.3 Å². The normalized spacial score (nSPS) is 15.9. The van der Waals surface area contributed by atoms with E-state index in [1.165, 1.54) is 11.8 Å². The number of benzene rings is 1. The van der Waals surface area contributed by atoms with E-state index < -0.39 is 0 Å². The summed E-state index contributed by atoms with van der Waals surface area (Å²) in [5.41, 5.74) is 5.54. The first-order chi connectivity index (χ1) is 11.4. The highest BCUT2D eigenvalue weighted by Crippen LogP contribution is 2.29. The SMILES string of the molecule is Cc1cc(C=C2SC(=S)NC2=O)c(C)n1-c1ccc(N(C)C)cc1. The van der Waals surface area contributed by atoms with E-state index in [1.54, 1.807) is 0 Å². The van der Waals surface area contributed by atoms with Crippen molar-refractivity contribution < 1.29 is 4.79 Å². The average Bonchev–Trinajstić information content (AvgIpc) is 2.98. The number of carbonyl (C=O) groups excluding carboxylic acids is 1. The van der Waals surface area contributed by atoms with Gasteiger partial charge in [-0.25, -0.2) is 0 Å². The molecule has 2 heterocycles. The standard InChI is InChI=1S/C18H19N3OS2/c1-11-9-13(10-16-17(22)19-18(23)24-16)12(2)21(11)15-7-5-14(6-8-15)20(3)4/h5-10H,1-4H3,(H,19,22,23). The Bertz CT molecular complexity index is 848. The highest BCUT2D eigenvalue weighted by molar-refractivity contribution is 8.26. The van der Waals surface area contributed by atoms with Crippen LogP contribution in [0.3, 0.4) is 0 Å². The zero-order valence-corrected chi connectivity index (χ0v) is 15.7. The van der Waals surface area contributed by atoms with E-state index in [4.69, 9.17) is 12.2 Å². The van der Waals surface area contributed by atoms with Crippen molar-refractivity contribution in [2.75, 3.05) is 19.0 Å². The molecule has 1 aromatic heterocycles. The van der Waals surface area contributed by atoms with Crippen LogP contribution < -0.4 is 10.2 Å². The van der Waals surface area contributed by atoms with Crippen LogP contribution in [0.2, 0.25) is 0 Å². The summed E-state index contributed by atoms with van der Waals surface area (Å²) in [7, 11) is 4.06. The molecule has 0 unspecified atom stereocenters. The molecule has 1 aliphatic heterocycles. The summed E-state index contributed by atoms with van der Waals surface area (Å²) in [6.45, 7) is 4.14. The molecule has 2 aromatic rings. The second-order valence-electron chi connectivity index (χ2n) is 5.92. The van der Waals surface area contributed by atoms with E-state index in [9.17, 15) is 4.79 Å². The van der Waals surface area contributed by atoms with Gasteiger partial charge < -0.3 is 14.8 Å². The first kappa shape index (κ1) is 16.8. The van der Waals surface area contributed by atoms with Gasteiger partial charge in [-0.1, -0.05) is 24.0 Å². The van der Waals surface area contributed by atoms with Crippen LogP contribution in [-0.2, 0) is 4.79 Å². The van der Waals surface area contributed by atoms with Crippen LogP contribution in [0.4, 0.5) is 5.69 Å². The van der Waals surface area contributed by atoms with Gasteiger partial charge >= 0.3 is 0 Å². The molecular formula is C18H19N3OS2. The molecule has 0 atom stereocenters. The first-order valence-electron chi connectivity index (χ1n) is 7.58. The Labute approximate surface area is 151 Å². The van der Waals surface area contributed by atoms with Gasteiger partial charge in [-0.2, -0.15) is 0 Å². The first-order valence-corrected chi connectivity index (χ1v) is 8.81. The van der Waals surface area contributed by atoms with Crippen molar-refractivity contribution in [2.45, 2.75) is 13.8 Å². The number of thiocarbonyl (C=S) groups is 1. The highest BCUT2D eigenvalue weighted by atomic mass is 32.2. The van der Waals surface area contributed by atoms with Gasteiger partial charge in [0, 0.05) is 36.9 Å². The van der Waals surface area contributed by atoms with Crippen LogP contribution in [0.1, 0.15) is 17.0 Å². The molecule has 1 amide bonds. The van der Waals surface area contributed by atoms with Gasteiger partial charge in [0.15, 0.2) is 0 Å². The third-order valence-electron chi connectivity index (χ3n) is 4.02. The lowest BCUT2D eigenvalue weighted by Crippen LogP contribution is -2.17. The lowest BCUT2D eigenvalue weighted by atomic mass is 10.2. The number of hydrogen-bond acceptors (Lipinski definition) is 4. The summed E-state index contributed by atoms with van der Waals surface area (Å²) in [6, 6.07) is 10.5. The molecule has 0 radical (unpaired) electrons. The Morgan fingerprint density at radius 1 is 1.21 bits per heavy atom. The lowest BCUT2D eigenvalue weighted by Gasteiger charge is -2.14. The van der Waals surface area contributed by atoms with Gasteiger partial charge in [-0.05, 0) is 55.8 Å². The molecular weight excluding hydrogens is 338 g/mol. The Morgan fingerprint density at radius 3 is 2.42 bits per heavy atom. The number of aryl methyl sites for hydroxylation is 1. The minimum Gasteiger partial charge on any atom is -0.378 e. The molecule has 1 aliphatic rings. The van der Waals surface area contributed by atoms with Gasteiger partial charge in [0.05, 0.1) is 4.91 Å². The molecule has 0 saturated carbocycles. The number of amides is 1. The third-order valence-corrected chi connectivity index (χ3v) is 5.19. The fourth-order valence-corrected chi connectivity index (χ4v) is 3.83. The van der Waals surface area contributed by atoms with Crippen LogP contribution in [0.15, 0.2) is 35.2 Å². The van der Waals surface area contributed by atoms with Crippen molar-refractivity contribution in [2.24, 2.45) is 0 Å². The smallest absolute Gasteiger partial charge is 0.263 e. The molecule has 124 valence electrons. The van der Waals surface area contributed by atoms with Gasteiger partial charge in [-0.15, -0.1) is 0 Å². The number of rotatable bonds is 3. The number of nitrogens with one attached hydrogen (secondary N) is 1. The summed E-state index contributed by atoms with van der Waals surface area (Å²) in [5.74, 6) is -0.120. The fourth-order valence-electron chi connectivity index (χ4n) is 2.79. The Hall–Kier alpha value is -2.05. The molecule has 0 bridgehead atoms. The maximum Gasteiger partial charge on any atom is 0.263 e. The monoisotopic (exact) mass is 357 g/mol. The Balaban J connectivity index is 1.99. The molecule has 0 spiro atoms. The van der Waals surface area contributed by atoms with Gasteiger partial charge in [0.1, 0.15) is 4.32 Å². The molecule has 24 heavy (non-hydrogen) atoms.